The average molecular weight is 242 g/mol. The van der Waals surface area contributed by atoms with Crippen LogP contribution in [0.1, 0.15) is 20.4 Å². The van der Waals surface area contributed by atoms with Crippen molar-refractivity contribution in [2.45, 2.75) is 19.6 Å². The number of amides is 1. The lowest BCUT2D eigenvalue weighted by atomic mass is 10.1. The number of hydrogen-bond donors (Lipinski definition) is 1. The molecular weight excluding hydrogens is 228 g/mol. The number of thiazole rings is 1. The second kappa shape index (κ2) is 4.48. The number of methoxy groups -OCH3 is 1. The predicted octanol–water partition coefficient (Wildman–Crippen LogP) is 0.415. The summed E-state index contributed by atoms with van der Waals surface area (Å²) in [7, 11) is 1.60. The second-order valence-electron chi connectivity index (χ2n) is 3.82. The lowest BCUT2D eigenvalue weighted by molar-refractivity contribution is 0.00616. The number of rotatable bonds is 3. The highest BCUT2D eigenvalue weighted by Crippen LogP contribution is 2.22. The minimum Gasteiger partial charge on any atom is -0.389 e. The number of carbonyl (C=O) groups is 1. The van der Waals surface area contributed by atoms with E-state index in [1.165, 1.54) is 11.3 Å². The summed E-state index contributed by atoms with van der Waals surface area (Å²) in [6, 6.07) is 0. The van der Waals surface area contributed by atoms with Gasteiger partial charge in [0.2, 0.25) is 0 Å². The Labute approximate surface area is 97.7 Å². The van der Waals surface area contributed by atoms with Crippen molar-refractivity contribution < 1.29 is 14.6 Å². The highest BCUT2D eigenvalue weighted by atomic mass is 32.1. The zero-order valence-corrected chi connectivity index (χ0v) is 10.1. The molecule has 1 amide bonds. The van der Waals surface area contributed by atoms with Gasteiger partial charge in [-0.3, -0.25) is 4.79 Å². The molecule has 1 aliphatic rings. The molecule has 0 aliphatic carbocycles. The Morgan fingerprint density at radius 1 is 1.69 bits per heavy atom. The number of nitrogens with zero attached hydrogens (tertiary/aromatic N) is 2. The monoisotopic (exact) mass is 242 g/mol. The largest absolute Gasteiger partial charge is 0.389 e. The molecule has 0 bridgehead atoms. The van der Waals surface area contributed by atoms with Gasteiger partial charge in [-0.15, -0.1) is 11.3 Å². The van der Waals surface area contributed by atoms with Crippen LogP contribution in [0.25, 0.3) is 0 Å². The summed E-state index contributed by atoms with van der Waals surface area (Å²) in [6.07, 6.45) is -0.365. The standard InChI is InChI=1S/C10H14N2O3S/c1-6-9(16-8(11-6)5-15-2)10(14)12-3-7(13)4-12/h7,13H,3-5H2,1-2H3. The summed E-state index contributed by atoms with van der Waals surface area (Å²) in [5.41, 5.74) is 0.739. The molecule has 16 heavy (non-hydrogen) atoms. The van der Waals surface area contributed by atoms with Gasteiger partial charge in [0.25, 0.3) is 5.91 Å². The molecule has 1 N–H and O–H groups in total. The zero-order valence-electron chi connectivity index (χ0n) is 9.27. The Bertz CT molecular complexity index is 399. The minimum atomic E-state index is -0.365. The quantitative estimate of drug-likeness (QED) is 0.834. The van der Waals surface area contributed by atoms with Gasteiger partial charge in [0.05, 0.1) is 18.4 Å². The van der Waals surface area contributed by atoms with Crippen molar-refractivity contribution in [3.63, 3.8) is 0 Å². The fourth-order valence-corrected chi connectivity index (χ4v) is 2.61. The van der Waals surface area contributed by atoms with Gasteiger partial charge in [-0.05, 0) is 6.92 Å². The second-order valence-corrected chi connectivity index (χ2v) is 4.90. The molecule has 1 fully saturated rings. The van der Waals surface area contributed by atoms with Crippen molar-refractivity contribution in [2.75, 3.05) is 20.2 Å². The van der Waals surface area contributed by atoms with Crippen LogP contribution in [0.2, 0.25) is 0 Å². The topological polar surface area (TPSA) is 62.7 Å². The maximum atomic E-state index is 12.0. The van der Waals surface area contributed by atoms with Gasteiger partial charge in [0.15, 0.2) is 0 Å². The van der Waals surface area contributed by atoms with E-state index in [0.29, 0.717) is 24.6 Å². The molecule has 88 valence electrons. The van der Waals surface area contributed by atoms with Crippen LogP contribution in [0.3, 0.4) is 0 Å². The van der Waals surface area contributed by atoms with Crippen molar-refractivity contribution in [1.29, 1.82) is 0 Å². The van der Waals surface area contributed by atoms with Gasteiger partial charge in [-0.1, -0.05) is 0 Å². The Morgan fingerprint density at radius 3 is 2.94 bits per heavy atom. The Hall–Kier alpha value is -0.980. The van der Waals surface area contributed by atoms with Crippen LogP contribution in [0.15, 0.2) is 0 Å². The highest BCUT2D eigenvalue weighted by molar-refractivity contribution is 7.13. The highest BCUT2D eigenvalue weighted by Gasteiger charge is 2.31. The molecule has 1 aromatic heterocycles. The Morgan fingerprint density at radius 2 is 2.38 bits per heavy atom. The molecule has 0 spiro atoms. The Balaban J connectivity index is 2.10. The summed E-state index contributed by atoms with van der Waals surface area (Å²) < 4.78 is 4.98. The van der Waals surface area contributed by atoms with Gasteiger partial charge in [0, 0.05) is 20.2 Å². The van der Waals surface area contributed by atoms with Crippen LogP contribution in [-0.2, 0) is 11.3 Å². The van der Waals surface area contributed by atoms with Crippen LogP contribution in [0.5, 0.6) is 0 Å². The summed E-state index contributed by atoms with van der Waals surface area (Å²) in [5.74, 6) is -0.0392. The van der Waals surface area contributed by atoms with Crippen LogP contribution < -0.4 is 0 Å². The normalized spacial score (nSPS) is 16.3. The first-order valence-electron chi connectivity index (χ1n) is 5.04. The van der Waals surface area contributed by atoms with Crippen LogP contribution in [0.4, 0.5) is 0 Å². The molecule has 0 unspecified atom stereocenters. The minimum absolute atomic E-state index is 0.0392. The number of likely N-dealkylation sites (tertiary alicyclic amines) is 1. The lowest BCUT2D eigenvalue weighted by Gasteiger charge is -2.35. The zero-order chi connectivity index (χ0) is 11.7. The van der Waals surface area contributed by atoms with Gasteiger partial charge < -0.3 is 14.7 Å². The van der Waals surface area contributed by atoms with Gasteiger partial charge in [-0.25, -0.2) is 4.98 Å². The van der Waals surface area contributed by atoms with E-state index in [0.717, 1.165) is 10.7 Å². The fraction of sp³-hybridized carbons (Fsp3) is 0.600. The third-order valence-corrected chi connectivity index (χ3v) is 3.57. The van der Waals surface area contributed by atoms with Crippen LogP contribution >= 0.6 is 11.3 Å². The first-order valence-corrected chi connectivity index (χ1v) is 5.86. The lowest BCUT2D eigenvalue weighted by Crippen LogP contribution is -2.53. The smallest absolute Gasteiger partial charge is 0.266 e. The molecule has 1 aromatic rings. The fourth-order valence-electron chi connectivity index (χ4n) is 1.60. The van der Waals surface area contributed by atoms with E-state index in [4.69, 9.17) is 9.84 Å². The summed E-state index contributed by atoms with van der Waals surface area (Å²) in [4.78, 5) is 18.5. The Kier molecular flexibility index (Phi) is 3.22. The molecule has 1 aliphatic heterocycles. The third kappa shape index (κ3) is 2.09. The summed E-state index contributed by atoms with van der Waals surface area (Å²) >= 11 is 1.36. The number of aliphatic hydroxyl groups excluding tert-OH is 1. The van der Waals surface area contributed by atoms with Crippen molar-refractivity contribution in [2.24, 2.45) is 0 Å². The number of aromatic nitrogens is 1. The number of hydrogen-bond acceptors (Lipinski definition) is 5. The molecular formula is C10H14N2O3S. The molecule has 2 rings (SSSR count). The van der Waals surface area contributed by atoms with E-state index in [1.807, 2.05) is 6.92 Å². The first-order chi connectivity index (χ1) is 7.61. The summed E-state index contributed by atoms with van der Waals surface area (Å²) in [5, 5.41) is 9.96. The number of β-amino-alcohol motifs (C(OH)–C–C–N with tert-alkyl or cyclic N) is 1. The third-order valence-electron chi connectivity index (χ3n) is 2.45. The van der Waals surface area contributed by atoms with Crippen molar-refractivity contribution in [3.05, 3.63) is 15.6 Å². The predicted molar refractivity (Wildman–Crippen MR) is 59.5 cm³/mol. The van der Waals surface area contributed by atoms with Crippen molar-refractivity contribution in [3.8, 4) is 0 Å². The molecule has 0 aromatic carbocycles. The van der Waals surface area contributed by atoms with E-state index in [-0.39, 0.29) is 12.0 Å². The van der Waals surface area contributed by atoms with Crippen LogP contribution in [0, 0.1) is 6.92 Å². The first kappa shape index (κ1) is 11.5. The van der Waals surface area contributed by atoms with Crippen molar-refractivity contribution in [1.82, 2.24) is 9.88 Å². The van der Waals surface area contributed by atoms with Gasteiger partial charge in [-0.2, -0.15) is 0 Å². The molecule has 0 saturated carbocycles. The molecule has 0 radical (unpaired) electrons. The van der Waals surface area contributed by atoms with E-state index < -0.39 is 0 Å². The maximum absolute atomic E-state index is 12.0. The van der Waals surface area contributed by atoms with Gasteiger partial charge in [0.1, 0.15) is 9.88 Å². The van der Waals surface area contributed by atoms with Gasteiger partial charge >= 0.3 is 0 Å². The SMILES string of the molecule is COCc1nc(C)c(C(=O)N2CC(O)C2)s1. The number of aliphatic hydroxyl groups is 1. The van der Waals surface area contributed by atoms with E-state index >= 15 is 0 Å². The molecule has 0 atom stereocenters. The molecule has 5 nitrogen and oxygen atoms in total. The van der Waals surface area contributed by atoms with Crippen molar-refractivity contribution >= 4 is 17.2 Å². The van der Waals surface area contributed by atoms with Crippen LogP contribution in [-0.4, -0.2) is 47.2 Å². The molecule has 1 saturated heterocycles. The van der Waals surface area contributed by atoms with E-state index in [1.54, 1.807) is 12.0 Å². The molecule has 6 heteroatoms. The number of carbonyl (C=O) groups excluding carboxylic acids is 1. The van der Waals surface area contributed by atoms with E-state index in [2.05, 4.69) is 4.98 Å². The summed E-state index contributed by atoms with van der Waals surface area (Å²) in [6.45, 7) is 3.10. The maximum Gasteiger partial charge on any atom is 0.266 e. The number of ether oxygens (including phenoxy) is 1. The van der Waals surface area contributed by atoms with E-state index in [9.17, 15) is 4.79 Å². The molecule has 2 heterocycles. The number of aryl methyl sites for hydroxylation is 1. The average Bonchev–Trinajstić information content (AvgIpc) is 2.54.